The molecule has 7 nitrogen and oxygen atoms in total. The molecule has 3 aliphatic rings. The Bertz CT molecular complexity index is 1380. The highest BCUT2D eigenvalue weighted by Gasteiger charge is 2.77. The summed E-state index contributed by atoms with van der Waals surface area (Å²) in [4.78, 5) is 46.3. The van der Waals surface area contributed by atoms with Gasteiger partial charge in [0.25, 0.3) is 5.91 Å². The highest BCUT2D eigenvalue weighted by atomic mass is 32.2. The molecule has 2 aromatic rings. The molecule has 42 heavy (non-hydrogen) atoms. The molecule has 0 aliphatic carbocycles. The number of hydrogen-bond donors (Lipinski definition) is 1. The number of fused-ring (bicyclic) bond motifs is 2. The fraction of sp³-hybridized carbons (Fsp3) is 0.500. The molecule has 0 saturated carbocycles. The van der Waals surface area contributed by atoms with Crippen LogP contribution in [0.15, 0.2) is 67.8 Å². The van der Waals surface area contributed by atoms with E-state index in [1.165, 1.54) is 0 Å². The van der Waals surface area contributed by atoms with Crippen molar-refractivity contribution in [1.29, 1.82) is 0 Å². The van der Waals surface area contributed by atoms with Gasteiger partial charge in [-0.2, -0.15) is 0 Å². The Balaban J connectivity index is 1.59. The standard InChI is InChI=1S/C34H42N2O5S/c1-6-8-11-17-41-33(40)28-27-18-22(5)34(42-27)29(28)31(38)36(26(20-37)21(3)4)30(34)32(39)35(16-7-2)25-15-14-23-12-9-10-13-24(23)19-25/h6-7,9-10,12-15,19,21-22,26-30,37H,1-2,8,11,16-18,20H2,3-5H3/t22?,26-,27-,28+,29-,30?,34?/m0/s1. The highest BCUT2D eigenvalue weighted by molar-refractivity contribution is 8.02. The lowest BCUT2D eigenvalue weighted by atomic mass is 9.66. The number of ether oxygens (including phenoxy) is 1. The van der Waals surface area contributed by atoms with E-state index in [4.69, 9.17) is 4.74 Å². The lowest BCUT2D eigenvalue weighted by Crippen LogP contribution is -2.60. The van der Waals surface area contributed by atoms with Gasteiger partial charge in [-0.1, -0.05) is 63.3 Å². The lowest BCUT2D eigenvalue weighted by molar-refractivity contribution is -0.155. The maximum atomic E-state index is 14.9. The summed E-state index contributed by atoms with van der Waals surface area (Å²) < 4.78 is 4.90. The number of allylic oxidation sites excluding steroid dienone is 1. The molecule has 3 saturated heterocycles. The molecular formula is C34H42N2O5S. The van der Waals surface area contributed by atoms with E-state index < -0.39 is 28.7 Å². The maximum absolute atomic E-state index is 14.9. The summed E-state index contributed by atoms with van der Waals surface area (Å²) in [5, 5.41) is 12.5. The minimum Gasteiger partial charge on any atom is -0.465 e. The van der Waals surface area contributed by atoms with Crippen LogP contribution in [0.2, 0.25) is 0 Å². The molecule has 3 heterocycles. The third-order valence-corrected chi connectivity index (χ3v) is 11.5. The second-order valence-electron chi connectivity index (χ2n) is 12.2. The molecule has 3 aliphatic heterocycles. The number of benzene rings is 2. The van der Waals surface area contributed by atoms with Gasteiger partial charge in [-0.25, -0.2) is 0 Å². The van der Waals surface area contributed by atoms with Crippen LogP contribution in [0.4, 0.5) is 5.69 Å². The highest BCUT2D eigenvalue weighted by Crippen LogP contribution is 2.69. The molecule has 3 unspecified atom stereocenters. The van der Waals surface area contributed by atoms with Gasteiger partial charge in [0.05, 0.1) is 35.8 Å². The quantitative estimate of drug-likeness (QED) is 0.207. The number of carbonyl (C=O) groups is 3. The second-order valence-corrected chi connectivity index (χ2v) is 13.7. The zero-order valence-electron chi connectivity index (χ0n) is 24.8. The molecule has 1 N–H and O–H groups in total. The number of carbonyl (C=O) groups excluding carboxylic acids is 3. The smallest absolute Gasteiger partial charge is 0.310 e. The predicted octanol–water partition coefficient (Wildman–Crippen LogP) is 5.22. The van der Waals surface area contributed by atoms with Crippen LogP contribution in [0.3, 0.4) is 0 Å². The molecule has 0 radical (unpaired) electrons. The summed E-state index contributed by atoms with van der Waals surface area (Å²) in [6.07, 6.45) is 5.63. The largest absolute Gasteiger partial charge is 0.465 e. The van der Waals surface area contributed by atoms with Crippen molar-refractivity contribution in [2.24, 2.45) is 23.7 Å². The second kappa shape index (κ2) is 12.3. The van der Waals surface area contributed by atoms with E-state index in [9.17, 15) is 19.5 Å². The first kappa shape index (κ1) is 30.4. The van der Waals surface area contributed by atoms with Crippen molar-refractivity contribution in [3.63, 3.8) is 0 Å². The normalized spacial score (nSPS) is 28.6. The molecule has 1 spiro atoms. The van der Waals surface area contributed by atoms with Crippen LogP contribution in [0.25, 0.3) is 10.8 Å². The number of thioether (sulfide) groups is 1. The van der Waals surface area contributed by atoms with Gasteiger partial charge >= 0.3 is 5.97 Å². The Morgan fingerprint density at radius 2 is 1.93 bits per heavy atom. The molecule has 8 heteroatoms. The minimum absolute atomic E-state index is 0.0129. The van der Waals surface area contributed by atoms with Crippen LogP contribution in [-0.2, 0) is 19.1 Å². The first-order valence-corrected chi connectivity index (χ1v) is 15.9. The van der Waals surface area contributed by atoms with Crippen LogP contribution >= 0.6 is 11.8 Å². The van der Waals surface area contributed by atoms with Crippen LogP contribution in [0, 0.1) is 23.7 Å². The van der Waals surface area contributed by atoms with Crippen molar-refractivity contribution in [2.45, 2.75) is 62.1 Å². The first-order chi connectivity index (χ1) is 20.2. The van der Waals surface area contributed by atoms with Crippen LogP contribution in [0.5, 0.6) is 0 Å². The number of likely N-dealkylation sites (tertiary alicyclic amines) is 1. The van der Waals surface area contributed by atoms with Gasteiger partial charge in [-0.05, 0) is 54.0 Å². The molecule has 3 fully saturated rings. The summed E-state index contributed by atoms with van der Waals surface area (Å²) in [7, 11) is 0. The van der Waals surface area contributed by atoms with Crippen molar-refractivity contribution in [2.75, 3.05) is 24.7 Å². The van der Waals surface area contributed by atoms with Gasteiger partial charge in [-0.15, -0.1) is 24.9 Å². The maximum Gasteiger partial charge on any atom is 0.310 e. The van der Waals surface area contributed by atoms with E-state index in [0.717, 1.165) is 29.3 Å². The predicted molar refractivity (Wildman–Crippen MR) is 168 cm³/mol. The Morgan fingerprint density at radius 3 is 2.60 bits per heavy atom. The average Bonchev–Trinajstić information content (AvgIpc) is 3.57. The zero-order chi connectivity index (χ0) is 30.2. The number of unbranched alkanes of at least 4 members (excludes halogenated alkanes) is 1. The summed E-state index contributed by atoms with van der Waals surface area (Å²) in [6, 6.07) is 12.5. The van der Waals surface area contributed by atoms with Crippen LogP contribution in [0.1, 0.15) is 40.0 Å². The van der Waals surface area contributed by atoms with E-state index in [-0.39, 0.29) is 54.6 Å². The minimum atomic E-state index is -0.843. The monoisotopic (exact) mass is 590 g/mol. The first-order valence-electron chi connectivity index (χ1n) is 15.0. The number of anilines is 1. The number of aliphatic hydroxyl groups excluding tert-OH is 1. The third kappa shape index (κ3) is 4.86. The van der Waals surface area contributed by atoms with Crippen molar-refractivity contribution in [3.05, 3.63) is 67.8 Å². The number of aliphatic hydroxyl groups is 1. The zero-order valence-corrected chi connectivity index (χ0v) is 25.6. The Hall–Kier alpha value is -3.10. The van der Waals surface area contributed by atoms with Crippen molar-refractivity contribution >= 4 is 46.0 Å². The molecule has 7 atom stereocenters. The molecule has 0 aromatic heterocycles. The number of rotatable bonds is 12. The summed E-state index contributed by atoms with van der Waals surface area (Å²) in [5.41, 5.74) is 0.722. The van der Waals surface area contributed by atoms with Gasteiger partial charge in [0.1, 0.15) is 6.04 Å². The van der Waals surface area contributed by atoms with Crippen molar-refractivity contribution in [3.8, 4) is 0 Å². The van der Waals surface area contributed by atoms with E-state index in [0.29, 0.717) is 6.42 Å². The van der Waals surface area contributed by atoms with Gasteiger partial charge in [-0.3, -0.25) is 14.4 Å². The summed E-state index contributed by atoms with van der Waals surface area (Å²) in [5.74, 6) is -2.19. The van der Waals surface area contributed by atoms with Crippen molar-refractivity contribution < 1.29 is 24.2 Å². The van der Waals surface area contributed by atoms with E-state index in [2.05, 4.69) is 20.1 Å². The van der Waals surface area contributed by atoms with Crippen LogP contribution < -0.4 is 4.90 Å². The van der Waals surface area contributed by atoms with Gasteiger partial charge in [0.2, 0.25) is 5.91 Å². The topological polar surface area (TPSA) is 87.2 Å². The number of nitrogens with zero attached hydrogens (tertiary/aromatic N) is 2. The van der Waals surface area contributed by atoms with Crippen molar-refractivity contribution in [1.82, 2.24) is 4.90 Å². The summed E-state index contributed by atoms with van der Waals surface area (Å²) in [6.45, 7) is 13.9. The van der Waals surface area contributed by atoms with Gasteiger partial charge < -0.3 is 19.6 Å². The average molecular weight is 591 g/mol. The molecule has 2 bridgehead atoms. The molecule has 224 valence electrons. The van der Waals surface area contributed by atoms with Gasteiger partial charge in [0, 0.05) is 17.5 Å². The molecule has 2 amide bonds. The number of amides is 2. The van der Waals surface area contributed by atoms with E-state index in [1.807, 2.05) is 56.3 Å². The van der Waals surface area contributed by atoms with E-state index >= 15 is 0 Å². The Kier molecular flexibility index (Phi) is 8.86. The van der Waals surface area contributed by atoms with E-state index in [1.54, 1.807) is 33.7 Å². The van der Waals surface area contributed by atoms with Crippen LogP contribution in [-0.4, -0.2) is 69.6 Å². The number of esters is 1. The lowest BCUT2D eigenvalue weighted by Gasteiger charge is -2.42. The molecule has 2 aromatic carbocycles. The third-order valence-electron chi connectivity index (χ3n) is 9.42. The Morgan fingerprint density at radius 1 is 1.19 bits per heavy atom. The SMILES string of the molecule is C=CCCCOC(=O)[C@@H]1[C@@H]2CC(C)C3(S2)C(C(=O)N(CC=C)c2ccc4ccccc4c2)N([C@@H](CO)C(C)C)C(=O)[C@H]13. The molecular weight excluding hydrogens is 548 g/mol. The Labute approximate surface area is 253 Å². The fourth-order valence-electron chi connectivity index (χ4n) is 7.43. The summed E-state index contributed by atoms with van der Waals surface area (Å²) >= 11 is 1.62. The number of hydrogen-bond acceptors (Lipinski definition) is 6. The molecule has 5 rings (SSSR count). The van der Waals surface area contributed by atoms with Gasteiger partial charge in [0.15, 0.2) is 0 Å². The fourth-order valence-corrected chi connectivity index (χ4v) is 9.82.